The van der Waals surface area contributed by atoms with E-state index in [4.69, 9.17) is 0 Å². The van der Waals surface area contributed by atoms with Gasteiger partial charge >= 0.3 is 5.69 Å². The van der Waals surface area contributed by atoms with E-state index < -0.39 is 4.92 Å². The van der Waals surface area contributed by atoms with Gasteiger partial charge in [-0.1, -0.05) is 22.0 Å². The number of hydrogen-bond donors (Lipinski definition) is 1. The van der Waals surface area contributed by atoms with Crippen molar-refractivity contribution < 1.29 is 9.72 Å². The van der Waals surface area contributed by atoms with Crippen LogP contribution in [0.25, 0.3) is 0 Å². The van der Waals surface area contributed by atoms with Crippen LogP contribution in [0.1, 0.15) is 10.5 Å². The fourth-order valence-electron chi connectivity index (χ4n) is 2.00. The van der Waals surface area contributed by atoms with Crippen LogP contribution in [0.2, 0.25) is 0 Å². The molecule has 0 aliphatic rings. The van der Waals surface area contributed by atoms with Gasteiger partial charge in [0.2, 0.25) is 0 Å². The van der Waals surface area contributed by atoms with Crippen LogP contribution in [0.4, 0.5) is 11.4 Å². The lowest BCUT2D eigenvalue weighted by atomic mass is 10.3. The largest absolute Gasteiger partial charge is 0.321 e. The Kier molecular flexibility index (Phi) is 4.38. The number of carbonyl (C=O) groups excluding carboxylic acids is 1. The zero-order valence-corrected chi connectivity index (χ0v) is 13.8. The van der Waals surface area contributed by atoms with Crippen molar-refractivity contribution >= 4 is 33.2 Å². The van der Waals surface area contributed by atoms with Crippen molar-refractivity contribution in [2.24, 2.45) is 0 Å². The SMILES string of the molecule is O=C(Nc1cccc(Br)c1)c1ccn(Cn2cc([N+](=O)[O-])cn2)n1. The highest BCUT2D eigenvalue weighted by molar-refractivity contribution is 9.10. The van der Waals surface area contributed by atoms with E-state index in [1.165, 1.54) is 15.6 Å². The lowest BCUT2D eigenvalue weighted by Gasteiger charge is -2.04. The van der Waals surface area contributed by atoms with E-state index in [9.17, 15) is 14.9 Å². The molecule has 0 spiro atoms. The predicted octanol–water partition coefficient (Wildman–Crippen LogP) is 2.51. The van der Waals surface area contributed by atoms with E-state index in [-0.39, 0.29) is 24.0 Å². The molecule has 122 valence electrons. The van der Waals surface area contributed by atoms with Gasteiger partial charge in [0.15, 0.2) is 5.69 Å². The van der Waals surface area contributed by atoms with Crippen LogP contribution in [0.3, 0.4) is 0 Å². The molecule has 1 aromatic carbocycles. The highest BCUT2D eigenvalue weighted by atomic mass is 79.9. The second-order valence-electron chi connectivity index (χ2n) is 4.84. The lowest BCUT2D eigenvalue weighted by Crippen LogP contribution is -2.14. The zero-order valence-electron chi connectivity index (χ0n) is 12.2. The van der Waals surface area contributed by atoms with Crippen molar-refractivity contribution in [3.63, 3.8) is 0 Å². The Morgan fingerprint density at radius 3 is 2.88 bits per heavy atom. The molecule has 3 aromatic rings. The van der Waals surface area contributed by atoms with Crippen LogP contribution in [-0.4, -0.2) is 30.4 Å². The molecule has 0 unspecified atom stereocenters. The Morgan fingerprint density at radius 1 is 1.33 bits per heavy atom. The molecule has 9 nitrogen and oxygen atoms in total. The van der Waals surface area contributed by atoms with Crippen LogP contribution in [-0.2, 0) is 6.67 Å². The molecule has 24 heavy (non-hydrogen) atoms. The molecule has 0 bridgehead atoms. The Labute approximate surface area is 144 Å². The van der Waals surface area contributed by atoms with Crippen molar-refractivity contribution in [3.05, 3.63) is 69.2 Å². The number of halogens is 1. The quantitative estimate of drug-likeness (QED) is 0.531. The second-order valence-corrected chi connectivity index (χ2v) is 5.76. The summed E-state index contributed by atoms with van der Waals surface area (Å²) < 4.78 is 3.68. The number of benzene rings is 1. The molecule has 0 fully saturated rings. The first-order chi connectivity index (χ1) is 11.5. The smallest absolute Gasteiger partial charge is 0.307 e. The van der Waals surface area contributed by atoms with Gasteiger partial charge in [-0.25, -0.2) is 4.68 Å². The summed E-state index contributed by atoms with van der Waals surface area (Å²) in [6.45, 7) is 0.165. The third-order valence-electron chi connectivity index (χ3n) is 3.08. The molecule has 0 atom stereocenters. The van der Waals surface area contributed by atoms with Gasteiger partial charge in [0.05, 0.1) is 4.92 Å². The summed E-state index contributed by atoms with van der Waals surface area (Å²) in [7, 11) is 0. The summed E-state index contributed by atoms with van der Waals surface area (Å²) in [4.78, 5) is 22.3. The molecule has 0 saturated heterocycles. The van der Waals surface area contributed by atoms with Crippen LogP contribution in [0, 0.1) is 10.1 Å². The third-order valence-corrected chi connectivity index (χ3v) is 3.57. The van der Waals surface area contributed by atoms with E-state index in [1.54, 1.807) is 24.4 Å². The van der Waals surface area contributed by atoms with Crippen LogP contribution >= 0.6 is 15.9 Å². The number of nitrogens with zero attached hydrogens (tertiary/aromatic N) is 5. The zero-order chi connectivity index (χ0) is 17.1. The molecular formula is C14H11BrN6O3. The third kappa shape index (κ3) is 3.66. The summed E-state index contributed by atoms with van der Waals surface area (Å²) in [5, 5.41) is 21.4. The van der Waals surface area contributed by atoms with Gasteiger partial charge < -0.3 is 5.32 Å². The molecule has 2 aromatic heterocycles. The molecule has 0 aliphatic carbocycles. The normalized spacial score (nSPS) is 10.5. The monoisotopic (exact) mass is 390 g/mol. The molecule has 2 heterocycles. The maximum absolute atomic E-state index is 12.2. The van der Waals surface area contributed by atoms with Gasteiger partial charge in [-0.3, -0.25) is 19.6 Å². The van der Waals surface area contributed by atoms with Gasteiger partial charge in [-0.15, -0.1) is 0 Å². The van der Waals surface area contributed by atoms with Crippen molar-refractivity contribution in [2.75, 3.05) is 5.32 Å². The minimum atomic E-state index is -0.524. The first-order valence-electron chi connectivity index (χ1n) is 6.78. The lowest BCUT2D eigenvalue weighted by molar-refractivity contribution is -0.385. The van der Waals surface area contributed by atoms with Gasteiger partial charge in [-0.2, -0.15) is 10.2 Å². The maximum Gasteiger partial charge on any atom is 0.307 e. The highest BCUT2D eigenvalue weighted by Gasteiger charge is 2.12. The molecule has 1 amide bonds. The van der Waals surface area contributed by atoms with Gasteiger partial charge in [0.25, 0.3) is 5.91 Å². The van der Waals surface area contributed by atoms with Crippen molar-refractivity contribution in [1.82, 2.24) is 19.6 Å². The molecule has 10 heteroatoms. The summed E-state index contributed by atoms with van der Waals surface area (Å²) >= 11 is 3.33. The van der Waals surface area contributed by atoms with Crippen molar-refractivity contribution in [2.45, 2.75) is 6.67 Å². The molecular weight excluding hydrogens is 380 g/mol. The number of nitrogens with one attached hydrogen (secondary N) is 1. The Bertz CT molecular complexity index is 903. The minimum Gasteiger partial charge on any atom is -0.321 e. The number of amides is 1. The van der Waals surface area contributed by atoms with E-state index in [0.29, 0.717) is 5.69 Å². The van der Waals surface area contributed by atoms with E-state index >= 15 is 0 Å². The number of aromatic nitrogens is 4. The van der Waals surface area contributed by atoms with E-state index in [0.717, 1.165) is 10.7 Å². The number of carbonyl (C=O) groups is 1. The molecule has 3 rings (SSSR count). The fraction of sp³-hybridized carbons (Fsp3) is 0.0714. The van der Waals surface area contributed by atoms with Crippen molar-refractivity contribution in [3.8, 4) is 0 Å². The number of hydrogen-bond acceptors (Lipinski definition) is 5. The summed E-state index contributed by atoms with van der Waals surface area (Å²) in [5.41, 5.74) is 0.776. The van der Waals surface area contributed by atoms with E-state index in [2.05, 4.69) is 31.4 Å². The highest BCUT2D eigenvalue weighted by Crippen LogP contribution is 2.16. The topological polar surface area (TPSA) is 108 Å². The average molecular weight is 391 g/mol. The van der Waals surface area contributed by atoms with Crippen LogP contribution < -0.4 is 5.32 Å². The molecule has 0 saturated carbocycles. The summed E-state index contributed by atoms with van der Waals surface area (Å²) in [6.07, 6.45) is 4.05. The first kappa shape index (κ1) is 15.9. The van der Waals surface area contributed by atoms with Gasteiger partial charge in [-0.05, 0) is 24.3 Å². The Morgan fingerprint density at radius 2 is 2.17 bits per heavy atom. The fourth-order valence-corrected chi connectivity index (χ4v) is 2.39. The summed E-state index contributed by atoms with van der Waals surface area (Å²) in [6, 6.07) is 8.77. The first-order valence-corrected chi connectivity index (χ1v) is 7.58. The minimum absolute atomic E-state index is 0.102. The van der Waals surface area contributed by atoms with Gasteiger partial charge in [0.1, 0.15) is 19.1 Å². The van der Waals surface area contributed by atoms with Gasteiger partial charge in [0, 0.05) is 16.4 Å². The molecule has 0 radical (unpaired) electrons. The molecule has 0 aliphatic heterocycles. The Balaban J connectivity index is 1.68. The summed E-state index contributed by atoms with van der Waals surface area (Å²) in [5.74, 6) is -0.349. The standard InChI is InChI=1S/C14H11BrN6O3/c15-10-2-1-3-11(6-10)17-14(22)13-4-5-19(18-13)9-20-8-12(7-16-20)21(23)24/h1-8H,9H2,(H,17,22). The van der Waals surface area contributed by atoms with Crippen LogP contribution in [0.5, 0.6) is 0 Å². The van der Waals surface area contributed by atoms with E-state index in [1.807, 2.05) is 12.1 Å². The molecule has 1 N–H and O–H groups in total. The number of rotatable bonds is 5. The predicted molar refractivity (Wildman–Crippen MR) is 88.6 cm³/mol. The Hall–Kier alpha value is -3.01. The average Bonchev–Trinajstić information content (AvgIpc) is 3.17. The second kappa shape index (κ2) is 6.62. The number of anilines is 1. The maximum atomic E-state index is 12.2. The van der Waals surface area contributed by atoms with Crippen molar-refractivity contribution in [1.29, 1.82) is 0 Å². The van der Waals surface area contributed by atoms with Crippen LogP contribution in [0.15, 0.2) is 53.4 Å². The number of nitro groups is 1.